The van der Waals surface area contributed by atoms with Crippen LogP contribution >= 0.6 is 0 Å². The number of amides is 3. The summed E-state index contributed by atoms with van der Waals surface area (Å²) >= 11 is 0. The largest absolute Gasteiger partial charge is 0.351 e. The van der Waals surface area contributed by atoms with E-state index in [1.807, 2.05) is 29.0 Å². The fourth-order valence-electron chi connectivity index (χ4n) is 5.78. The molecule has 2 atom stereocenters. The van der Waals surface area contributed by atoms with E-state index in [-0.39, 0.29) is 36.2 Å². The quantitative estimate of drug-likeness (QED) is 0.690. The van der Waals surface area contributed by atoms with Gasteiger partial charge in [-0.25, -0.2) is 4.98 Å². The first-order valence-corrected chi connectivity index (χ1v) is 12.4. The van der Waals surface area contributed by atoms with Crippen molar-refractivity contribution in [3.63, 3.8) is 0 Å². The number of carbonyl (C=O) groups excluding carboxylic acids is 3. The Hall–Kier alpha value is -2.42. The summed E-state index contributed by atoms with van der Waals surface area (Å²) in [4.78, 5) is 46.4. The zero-order valence-corrected chi connectivity index (χ0v) is 20.0. The van der Waals surface area contributed by atoms with E-state index in [0.29, 0.717) is 13.1 Å². The molecule has 3 fully saturated rings. The molecule has 182 valence electrons. The zero-order valence-electron chi connectivity index (χ0n) is 20.0. The minimum atomic E-state index is -0.405. The summed E-state index contributed by atoms with van der Waals surface area (Å²) in [6.07, 6.45) is 10.1. The van der Waals surface area contributed by atoms with Crippen LogP contribution in [0.25, 0.3) is 0 Å². The van der Waals surface area contributed by atoms with Crippen molar-refractivity contribution in [1.82, 2.24) is 30.0 Å². The number of piperidine rings is 2. The second-order valence-electron chi connectivity index (χ2n) is 10.2. The van der Waals surface area contributed by atoms with E-state index in [2.05, 4.69) is 20.5 Å². The highest BCUT2D eigenvalue weighted by Gasteiger charge is 2.41. The van der Waals surface area contributed by atoms with Crippen molar-refractivity contribution in [1.29, 1.82) is 0 Å². The Kier molecular flexibility index (Phi) is 7.36. The van der Waals surface area contributed by atoms with E-state index >= 15 is 0 Å². The van der Waals surface area contributed by atoms with Crippen molar-refractivity contribution in [3.8, 4) is 0 Å². The van der Waals surface area contributed by atoms with Crippen LogP contribution in [0.1, 0.15) is 57.6 Å². The van der Waals surface area contributed by atoms with Crippen LogP contribution in [0, 0.1) is 11.3 Å². The van der Waals surface area contributed by atoms with Gasteiger partial charge < -0.3 is 20.1 Å². The molecular formula is C24H38N6O3. The average molecular weight is 459 g/mol. The van der Waals surface area contributed by atoms with Crippen LogP contribution in [0.2, 0.25) is 0 Å². The maximum absolute atomic E-state index is 13.3. The number of fused-ring (bicyclic) bond motifs is 1. The molecule has 1 aromatic heterocycles. The number of hydrogen-bond acceptors (Lipinski definition) is 5. The van der Waals surface area contributed by atoms with Crippen LogP contribution < -0.4 is 10.6 Å². The molecule has 9 nitrogen and oxygen atoms in total. The Morgan fingerprint density at radius 1 is 1.15 bits per heavy atom. The molecule has 0 aliphatic carbocycles. The van der Waals surface area contributed by atoms with Crippen LogP contribution in [-0.4, -0.2) is 75.8 Å². The van der Waals surface area contributed by atoms with Crippen molar-refractivity contribution >= 4 is 17.7 Å². The van der Waals surface area contributed by atoms with Gasteiger partial charge in [-0.2, -0.15) is 0 Å². The second kappa shape index (κ2) is 10.2. The number of carbonyl (C=O) groups is 3. The minimum absolute atomic E-state index is 0.0257. The predicted octanol–water partition coefficient (Wildman–Crippen LogP) is 1.05. The molecule has 3 aliphatic heterocycles. The maximum Gasteiger partial charge on any atom is 0.239 e. The van der Waals surface area contributed by atoms with Gasteiger partial charge in [-0.05, 0) is 51.1 Å². The third-order valence-corrected chi connectivity index (χ3v) is 7.85. The van der Waals surface area contributed by atoms with Crippen LogP contribution in [0.15, 0.2) is 12.5 Å². The van der Waals surface area contributed by atoms with Gasteiger partial charge in [0.05, 0.1) is 24.0 Å². The monoisotopic (exact) mass is 458 g/mol. The summed E-state index contributed by atoms with van der Waals surface area (Å²) in [5, 5.41) is 6.09. The van der Waals surface area contributed by atoms with Crippen LogP contribution in [0.4, 0.5) is 0 Å². The SMILES string of the molecule is CC(=O)N1CC[C@H]2NC(=O)CNC(=O)C3(CCCC[C@H]2C1)CCN(Cc1cn(C)cn1)CC3. The lowest BCUT2D eigenvalue weighted by Crippen LogP contribution is -2.55. The van der Waals surface area contributed by atoms with Crippen molar-refractivity contribution in [3.05, 3.63) is 18.2 Å². The lowest BCUT2D eigenvalue weighted by Gasteiger charge is -2.42. The van der Waals surface area contributed by atoms with Crippen molar-refractivity contribution in [2.75, 3.05) is 32.7 Å². The van der Waals surface area contributed by atoms with E-state index in [9.17, 15) is 14.4 Å². The molecule has 0 saturated carbocycles. The number of nitrogens with one attached hydrogen (secondary N) is 2. The Labute approximate surface area is 196 Å². The van der Waals surface area contributed by atoms with Gasteiger partial charge in [0.15, 0.2) is 0 Å². The van der Waals surface area contributed by atoms with Gasteiger partial charge in [-0.15, -0.1) is 0 Å². The summed E-state index contributed by atoms with van der Waals surface area (Å²) in [6, 6.07) is 0.0771. The molecule has 4 heterocycles. The fraction of sp³-hybridized carbons (Fsp3) is 0.750. The summed E-state index contributed by atoms with van der Waals surface area (Å²) in [5.41, 5.74) is 0.646. The molecule has 0 bridgehead atoms. The van der Waals surface area contributed by atoms with Gasteiger partial charge >= 0.3 is 0 Å². The Balaban J connectivity index is 1.38. The first kappa shape index (κ1) is 23.7. The number of imidazole rings is 1. The molecular weight excluding hydrogens is 420 g/mol. The minimum Gasteiger partial charge on any atom is -0.351 e. The topological polar surface area (TPSA) is 99.6 Å². The highest BCUT2D eigenvalue weighted by atomic mass is 16.2. The van der Waals surface area contributed by atoms with Crippen molar-refractivity contribution in [2.45, 2.75) is 64.5 Å². The molecule has 1 aromatic rings. The smallest absolute Gasteiger partial charge is 0.239 e. The number of likely N-dealkylation sites (tertiary alicyclic amines) is 2. The number of aromatic nitrogens is 2. The van der Waals surface area contributed by atoms with E-state index in [4.69, 9.17) is 0 Å². The number of aryl methyl sites for hydroxylation is 1. The first-order chi connectivity index (χ1) is 15.8. The Morgan fingerprint density at radius 3 is 2.64 bits per heavy atom. The lowest BCUT2D eigenvalue weighted by atomic mass is 9.73. The van der Waals surface area contributed by atoms with Crippen LogP contribution in [0.5, 0.6) is 0 Å². The van der Waals surface area contributed by atoms with Gasteiger partial charge in [0.2, 0.25) is 17.7 Å². The Bertz CT molecular complexity index is 860. The summed E-state index contributed by atoms with van der Waals surface area (Å²) in [5.74, 6) is 0.282. The highest BCUT2D eigenvalue weighted by Crippen LogP contribution is 2.38. The highest BCUT2D eigenvalue weighted by molar-refractivity contribution is 5.88. The van der Waals surface area contributed by atoms with E-state index in [0.717, 1.165) is 70.3 Å². The van der Waals surface area contributed by atoms with Gasteiger partial charge in [-0.1, -0.05) is 12.8 Å². The zero-order chi connectivity index (χ0) is 23.4. The number of nitrogens with zero attached hydrogens (tertiary/aromatic N) is 4. The second-order valence-corrected chi connectivity index (χ2v) is 10.2. The molecule has 2 N–H and O–H groups in total. The third-order valence-electron chi connectivity index (χ3n) is 7.85. The molecule has 1 spiro atoms. The van der Waals surface area contributed by atoms with E-state index in [1.165, 1.54) is 0 Å². The first-order valence-electron chi connectivity index (χ1n) is 12.4. The predicted molar refractivity (Wildman–Crippen MR) is 124 cm³/mol. The van der Waals surface area contributed by atoms with Gasteiger partial charge in [0.1, 0.15) is 0 Å². The molecule has 0 unspecified atom stereocenters. The van der Waals surface area contributed by atoms with E-state index < -0.39 is 5.41 Å². The molecule has 33 heavy (non-hydrogen) atoms. The summed E-state index contributed by atoms with van der Waals surface area (Å²) < 4.78 is 1.96. The maximum atomic E-state index is 13.3. The van der Waals surface area contributed by atoms with Crippen molar-refractivity contribution < 1.29 is 14.4 Å². The molecule has 3 aliphatic rings. The third kappa shape index (κ3) is 5.75. The summed E-state index contributed by atoms with van der Waals surface area (Å²) in [7, 11) is 1.97. The molecule has 0 radical (unpaired) electrons. The standard InChI is InChI=1S/C24H38N6O3/c1-18(31)30-10-6-21-19(14-30)5-3-4-7-24(23(33)25-13-22(32)27-21)8-11-29(12-9-24)16-20-15-28(2)17-26-20/h15,17,19,21H,3-14,16H2,1-2H3,(H,25,33)(H,27,32)/t19-,21+/m0/s1. The summed E-state index contributed by atoms with van der Waals surface area (Å²) in [6.45, 7) is 5.55. The average Bonchev–Trinajstić information content (AvgIpc) is 3.20. The normalized spacial score (nSPS) is 27.2. The van der Waals surface area contributed by atoms with Gasteiger partial charge in [-0.3, -0.25) is 19.3 Å². The Morgan fingerprint density at radius 2 is 1.94 bits per heavy atom. The van der Waals surface area contributed by atoms with E-state index in [1.54, 1.807) is 6.92 Å². The molecule has 3 saturated heterocycles. The van der Waals surface area contributed by atoms with Gasteiger partial charge in [0, 0.05) is 45.8 Å². The molecule has 4 rings (SSSR count). The van der Waals surface area contributed by atoms with Crippen molar-refractivity contribution in [2.24, 2.45) is 18.4 Å². The molecule has 0 aromatic carbocycles. The molecule has 9 heteroatoms. The number of hydrogen-bond donors (Lipinski definition) is 2. The fourth-order valence-corrected chi connectivity index (χ4v) is 5.78. The van der Waals surface area contributed by atoms with Crippen LogP contribution in [0.3, 0.4) is 0 Å². The van der Waals surface area contributed by atoms with Crippen LogP contribution in [-0.2, 0) is 28.0 Å². The lowest BCUT2D eigenvalue weighted by molar-refractivity contribution is -0.137. The number of rotatable bonds is 2. The molecule has 3 amide bonds. The van der Waals surface area contributed by atoms with Gasteiger partial charge in [0.25, 0.3) is 0 Å².